The summed E-state index contributed by atoms with van der Waals surface area (Å²) >= 11 is 15.7. The van der Waals surface area contributed by atoms with Crippen LogP contribution in [0.15, 0.2) is 57.8 Å². The third kappa shape index (κ3) is 31.8. The second kappa shape index (κ2) is 51.9. The van der Waals surface area contributed by atoms with Crippen LogP contribution >= 0.6 is 39.1 Å². The molecule has 140 heavy (non-hydrogen) atoms. The molecule has 0 saturated heterocycles. The smallest absolute Gasteiger partial charge is 0.870 e. The molecule has 0 radical (unpaired) electrons. The second-order valence-corrected chi connectivity index (χ2v) is 63.4. The molecule has 12 aromatic rings. The zero-order chi connectivity index (χ0) is 101. The molecule has 56 heteroatoms. The number of nitrogens with two attached hydrogens (primary N) is 1. The van der Waals surface area contributed by atoms with E-state index in [0.717, 1.165) is 88.8 Å². The standard InChI is InChI=1S/C20H38N6O3Si2.C16H15ClN8O2.C16H32N6O2Si2.C12H12BrClN2O2.C8H10N6O.C8H14O3.C4H4N6.K.H2O/c1-16(2)20(27)25(14-28-9-11-30(3,4)5)18-17-19(22-13-21-18)26(24-23-17)15-29-10-12-31(6,7)8;17-8-6-9(20-12-10-13(19-7-18-12)23-24-22-10)15(27)25-11(8)14(26)21-16(25)4-2-1-3-5-16;1-25(2,3)9-7-23-12-19-15-14-16(18-11-17-15)22(21-20-14)13-24-8-10-26(4,5)6;13-7-6-8(14)9-10(17)15-12(16(9)11(7)18)4-2-1-3-5-12;1-4(2)8(15)11-6-5-7(10-3-9-6)13-14-12-5;1-5(2)7(9)11-8(10)6(3)4;5-3-2-4(7-1-6-3)9-10-8-2;;/h13,16H,9-12,14-15H2,1-8H3;6-7H,1-5H2,(H,21,26)(H2,18,19,20,22,23,24);11H,7-10,12-13H2,1-6H3,(H,17,18,19);6H,1-5H2,(H,15,17);3-4H,1-2H3,(H2,9,10,11,12,13,14,15);5-6H,1-4H3;1H,(H3,5,6,7,8,9,10);;1H2/q;;;;;;;+1;/p-1. The predicted octanol–water partition coefficient (Wildman–Crippen LogP) is 9.25. The van der Waals surface area contributed by atoms with Crippen LogP contribution in [0.3, 0.4) is 0 Å². The number of esters is 2. The Labute approximate surface area is 872 Å². The van der Waals surface area contributed by atoms with Gasteiger partial charge in [-0.25, -0.2) is 59.2 Å². The molecule has 14 heterocycles. The topological polar surface area (TPSA) is 627 Å². The second-order valence-electron chi connectivity index (χ2n) is 39.3. The van der Waals surface area contributed by atoms with Crippen molar-refractivity contribution in [1.82, 2.24) is 146 Å². The number of nitrogens with zero attached hydrogens (tertiary/aromatic N) is 25. The molecule has 2 spiro atoms. The van der Waals surface area contributed by atoms with Gasteiger partial charge in [0.25, 0.3) is 22.9 Å². The van der Waals surface area contributed by atoms with Gasteiger partial charge in [-0.1, -0.05) is 180 Å². The third-order valence-electron chi connectivity index (χ3n) is 21.7. The number of ether oxygens (including phenoxy) is 5. The van der Waals surface area contributed by atoms with E-state index in [2.05, 4.69) is 243 Å². The molecule has 0 bridgehead atoms. The number of nitrogens with one attached hydrogen (secondary N) is 8. The van der Waals surface area contributed by atoms with Gasteiger partial charge in [0, 0.05) is 70.6 Å². The van der Waals surface area contributed by atoms with Crippen LogP contribution in [0, 0.1) is 23.7 Å². The fraction of sp³-hybridized carbons (Fsp3) is 0.571. The number of halogens is 3. The van der Waals surface area contributed by atoms with Gasteiger partial charge in [0.1, 0.15) is 87.0 Å². The van der Waals surface area contributed by atoms with Gasteiger partial charge in [-0.15, -0.1) is 25.5 Å². The van der Waals surface area contributed by atoms with E-state index < -0.39 is 55.6 Å². The summed E-state index contributed by atoms with van der Waals surface area (Å²) in [5.74, 6) is -0.328. The molecular formula is C84H126BrCl2KN34O14Si4. The monoisotopic (exact) mass is 2130 g/mol. The number of fused-ring (bicyclic) bond motifs is 9. The number of carbonyl (C=O) groups excluding carboxylic acids is 6. The summed E-state index contributed by atoms with van der Waals surface area (Å²) < 4.78 is 34.3. The van der Waals surface area contributed by atoms with Crippen molar-refractivity contribution in [3.8, 4) is 0 Å². The molecule has 2 aliphatic heterocycles. The number of rotatable bonds is 29. The van der Waals surface area contributed by atoms with Gasteiger partial charge in [-0.05, 0) is 104 Å². The summed E-state index contributed by atoms with van der Waals surface area (Å²) in [5.41, 5.74) is 9.37. The number of aromatic nitrogens is 27. The van der Waals surface area contributed by atoms with E-state index >= 15 is 0 Å². The van der Waals surface area contributed by atoms with E-state index in [0.29, 0.717) is 140 Å². The van der Waals surface area contributed by atoms with Crippen LogP contribution in [-0.2, 0) is 67.6 Å². The van der Waals surface area contributed by atoms with Crippen LogP contribution in [-0.4, -0.2) is 248 Å². The maximum atomic E-state index is 13.3. The summed E-state index contributed by atoms with van der Waals surface area (Å²) in [7, 11) is -4.54. The van der Waals surface area contributed by atoms with Crippen LogP contribution in [0.5, 0.6) is 0 Å². The van der Waals surface area contributed by atoms with Gasteiger partial charge in [0.15, 0.2) is 68.0 Å². The zero-order valence-corrected chi connectivity index (χ0v) is 93.3. The fourth-order valence-corrected chi connectivity index (χ4v) is 17.9. The van der Waals surface area contributed by atoms with Crippen LogP contribution in [0.25, 0.3) is 55.8 Å². The number of aromatic amines is 3. The minimum Gasteiger partial charge on any atom is -0.870 e. The number of anilines is 6. The quantitative estimate of drug-likeness (QED) is 0.00693. The molecule has 2 saturated carbocycles. The average Bonchev–Trinajstić information content (AvgIpc) is 1.58. The average molecular weight is 2140 g/mol. The molecule has 0 aromatic carbocycles. The number of nitrogen functional groups attached to an aromatic ring is 1. The van der Waals surface area contributed by atoms with Crippen molar-refractivity contribution in [2.45, 2.75) is 247 Å². The van der Waals surface area contributed by atoms with Crippen molar-refractivity contribution in [3.05, 3.63) is 90.4 Å². The molecule has 0 atom stereocenters. The maximum absolute atomic E-state index is 13.3. The molecule has 0 unspecified atom stereocenters. The number of H-pyrrole nitrogens is 3. The van der Waals surface area contributed by atoms with E-state index in [9.17, 15) is 38.4 Å². The molecule has 4 amide bonds. The Balaban J connectivity index is 0.000000206. The van der Waals surface area contributed by atoms with E-state index in [1.807, 2.05) is 13.8 Å². The maximum Gasteiger partial charge on any atom is 1.00 e. The van der Waals surface area contributed by atoms with Crippen molar-refractivity contribution >= 4 is 198 Å². The van der Waals surface area contributed by atoms with Crippen molar-refractivity contribution in [2.75, 3.05) is 66.5 Å². The fourth-order valence-electron chi connectivity index (χ4n) is 13.8. The predicted molar refractivity (Wildman–Crippen MR) is 537 cm³/mol. The Hall–Kier alpha value is -9.92. The minimum absolute atomic E-state index is 0. The number of hydrogen-bond acceptors (Lipinski definition) is 37. The van der Waals surface area contributed by atoms with Gasteiger partial charge in [0.05, 0.1) is 26.4 Å². The number of hydrogen-bond donors (Lipinski definition) is 9. The van der Waals surface area contributed by atoms with Crippen molar-refractivity contribution in [2.24, 2.45) is 23.7 Å². The minimum atomic E-state index is -1.22. The SMILES string of the molecule is CC(C)C(=O)N(COCC[Si](C)(C)C)c1ncnc2c1nnn2COCC[Si](C)(C)C.CC(C)C(=O)Nc1ncnc2n[nH]nc12.CC(C)C(=O)OC(=O)C(C)C.C[Si](C)(C)CCOCNc1ncnc2c1nnn2COCC[Si](C)(C)C.Nc1ncnc2n[nH]nc12.O=C1NC2(CCCCC2)n2c1c(Cl)cc(Br)c2=O.O=C1NC2(CCCCC2)n2c1c(Cl)cc(Nc1ncnc3n[nH]nc13)c2=O.[K+].[OH-]. The van der Waals surface area contributed by atoms with Crippen molar-refractivity contribution in [3.63, 3.8) is 0 Å². The van der Waals surface area contributed by atoms with Gasteiger partial charge in [-0.3, -0.25) is 52.4 Å². The Morgan fingerprint density at radius 3 is 1.39 bits per heavy atom. The molecule has 12 aromatic heterocycles. The largest absolute Gasteiger partial charge is 1.00 e. The van der Waals surface area contributed by atoms with Crippen molar-refractivity contribution < 1.29 is 109 Å². The molecular weight excluding hydrogens is 2010 g/mol. The van der Waals surface area contributed by atoms with E-state index in [-0.39, 0.29) is 145 Å². The van der Waals surface area contributed by atoms with Gasteiger partial charge in [0.2, 0.25) is 28.8 Å². The summed E-state index contributed by atoms with van der Waals surface area (Å²) in [5, 5.41) is 62.4. The number of amides is 4. The Morgan fingerprint density at radius 1 is 0.493 bits per heavy atom. The van der Waals surface area contributed by atoms with Crippen LogP contribution in [0.4, 0.5) is 34.8 Å². The summed E-state index contributed by atoms with van der Waals surface area (Å²) in [6, 6.07) is 7.31. The molecule has 4 aliphatic rings. The van der Waals surface area contributed by atoms with E-state index in [1.54, 1.807) is 60.4 Å². The van der Waals surface area contributed by atoms with E-state index in [4.69, 9.17) is 47.9 Å². The Bertz CT molecular complexity index is 6310. The number of pyridine rings is 2. The summed E-state index contributed by atoms with van der Waals surface area (Å²) in [4.78, 5) is 138. The van der Waals surface area contributed by atoms with Crippen LogP contribution in [0.2, 0.25) is 113 Å². The molecule has 2 aliphatic carbocycles. The summed E-state index contributed by atoms with van der Waals surface area (Å²) in [6.07, 6.45) is 16.1. The molecule has 754 valence electrons. The first-order valence-electron chi connectivity index (χ1n) is 45.5. The number of carbonyl (C=O) groups is 6. The molecule has 48 nitrogen and oxygen atoms in total. The van der Waals surface area contributed by atoms with Gasteiger partial charge < -0.3 is 61.5 Å². The van der Waals surface area contributed by atoms with Gasteiger partial charge >= 0.3 is 63.3 Å². The third-order valence-corrected chi connectivity index (χ3v) is 29.7. The molecule has 2 fully saturated rings. The first-order chi connectivity index (χ1) is 65.2. The Morgan fingerprint density at radius 2 is 0.907 bits per heavy atom. The molecule has 11 N–H and O–H groups in total. The van der Waals surface area contributed by atoms with E-state index in [1.165, 1.54) is 48.3 Å². The summed E-state index contributed by atoms with van der Waals surface area (Å²) in [6.45, 7) is 45.8. The van der Waals surface area contributed by atoms with Gasteiger partial charge in [-0.2, -0.15) is 30.9 Å². The van der Waals surface area contributed by atoms with Crippen LogP contribution < -0.4 is 99.7 Å². The zero-order valence-electron chi connectivity index (χ0n) is 83.1. The Kier molecular flexibility index (Phi) is 42.7. The first kappa shape index (κ1) is 115. The van der Waals surface area contributed by atoms with Crippen molar-refractivity contribution in [1.29, 1.82) is 0 Å². The van der Waals surface area contributed by atoms with Crippen LogP contribution in [0.1, 0.15) is 141 Å². The molecule has 16 rings (SSSR count). The first-order valence-corrected chi connectivity index (χ1v) is 61.9. The normalized spacial score (nSPS) is 14.0.